The van der Waals surface area contributed by atoms with E-state index in [1.54, 1.807) is 13.0 Å². The second kappa shape index (κ2) is 6.40. The molecule has 1 fully saturated rings. The van der Waals surface area contributed by atoms with Crippen molar-refractivity contribution in [3.8, 4) is 0 Å². The van der Waals surface area contributed by atoms with E-state index in [1.165, 1.54) is 28.8 Å². The summed E-state index contributed by atoms with van der Waals surface area (Å²) in [5.41, 5.74) is -0.703. The second-order valence-electron chi connectivity index (χ2n) is 5.67. The Morgan fingerprint density at radius 2 is 1.96 bits per heavy atom. The standard InChI is InChI=1S/C16H17F3N2O2S/c1-2-21(12-6-4-3-5-11(12)16(17,18)19)14-20-13(22)15(24-14)7-9-23-10-8-15/h3-6H,2,7-10H2,1H3. The molecule has 1 aromatic rings. The number of amides is 1. The van der Waals surface area contributed by atoms with E-state index in [0.29, 0.717) is 37.8 Å². The summed E-state index contributed by atoms with van der Waals surface area (Å²) >= 11 is 1.27. The number of thioether (sulfide) groups is 1. The summed E-state index contributed by atoms with van der Waals surface area (Å²) in [6, 6.07) is 5.37. The van der Waals surface area contributed by atoms with Crippen LogP contribution in [0.5, 0.6) is 0 Å². The zero-order chi connectivity index (χ0) is 17.4. The third-order valence-corrected chi connectivity index (χ3v) is 5.69. The highest BCUT2D eigenvalue weighted by atomic mass is 32.2. The average molecular weight is 358 g/mol. The van der Waals surface area contributed by atoms with Gasteiger partial charge < -0.3 is 9.64 Å². The molecule has 1 saturated heterocycles. The van der Waals surface area contributed by atoms with Gasteiger partial charge in [0.15, 0.2) is 5.17 Å². The Labute approximate surface area is 142 Å². The average Bonchev–Trinajstić information content (AvgIpc) is 2.84. The van der Waals surface area contributed by atoms with Gasteiger partial charge in [-0.1, -0.05) is 23.9 Å². The van der Waals surface area contributed by atoms with Crippen LogP contribution in [0.25, 0.3) is 0 Å². The molecule has 0 saturated carbocycles. The molecule has 0 radical (unpaired) electrons. The summed E-state index contributed by atoms with van der Waals surface area (Å²) in [6.07, 6.45) is -3.40. The van der Waals surface area contributed by atoms with Crippen molar-refractivity contribution in [2.75, 3.05) is 24.7 Å². The highest BCUT2D eigenvalue weighted by Gasteiger charge is 2.48. The zero-order valence-corrected chi connectivity index (χ0v) is 13.9. The van der Waals surface area contributed by atoms with Gasteiger partial charge in [0.25, 0.3) is 5.91 Å². The first kappa shape index (κ1) is 17.3. The number of halogens is 3. The Morgan fingerprint density at radius 3 is 2.58 bits per heavy atom. The molecular weight excluding hydrogens is 341 g/mol. The lowest BCUT2D eigenvalue weighted by Gasteiger charge is -2.31. The molecule has 2 heterocycles. The van der Waals surface area contributed by atoms with Crippen LogP contribution >= 0.6 is 11.8 Å². The summed E-state index contributed by atoms with van der Waals surface area (Å²) < 4.78 is 44.5. The molecule has 0 atom stereocenters. The first-order valence-electron chi connectivity index (χ1n) is 7.71. The van der Waals surface area contributed by atoms with Gasteiger partial charge in [0.05, 0.1) is 11.3 Å². The smallest absolute Gasteiger partial charge is 0.381 e. The number of aliphatic imine (C=N–C) groups is 1. The maximum atomic E-state index is 13.3. The van der Waals surface area contributed by atoms with Crippen LogP contribution in [0, 0.1) is 0 Å². The number of amidine groups is 1. The summed E-state index contributed by atoms with van der Waals surface area (Å²) in [5, 5.41) is 0.334. The Balaban J connectivity index is 1.94. The number of alkyl halides is 3. The van der Waals surface area contributed by atoms with Crippen molar-refractivity contribution in [2.24, 2.45) is 4.99 Å². The van der Waals surface area contributed by atoms with Crippen molar-refractivity contribution >= 4 is 28.5 Å². The van der Waals surface area contributed by atoms with Gasteiger partial charge in [-0.2, -0.15) is 18.2 Å². The molecule has 130 valence electrons. The summed E-state index contributed by atoms with van der Waals surface area (Å²) in [7, 11) is 0. The fraction of sp³-hybridized carbons (Fsp3) is 0.500. The molecule has 0 bridgehead atoms. The fourth-order valence-corrected chi connectivity index (χ4v) is 4.24. The predicted molar refractivity (Wildman–Crippen MR) is 87.3 cm³/mol. The lowest BCUT2D eigenvalue weighted by atomic mass is 9.98. The minimum Gasteiger partial charge on any atom is -0.381 e. The van der Waals surface area contributed by atoms with E-state index >= 15 is 0 Å². The number of para-hydroxylation sites is 1. The van der Waals surface area contributed by atoms with Crippen LogP contribution in [0.15, 0.2) is 29.3 Å². The number of benzene rings is 1. The quantitative estimate of drug-likeness (QED) is 0.808. The van der Waals surface area contributed by atoms with Crippen molar-refractivity contribution in [1.82, 2.24) is 0 Å². The van der Waals surface area contributed by atoms with Crippen LogP contribution < -0.4 is 4.90 Å². The van der Waals surface area contributed by atoms with Crippen molar-refractivity contribution in [3.05, 3.63) is 29.8 Å². The number of anilines is 1. The Bertz CT molecular complexity index is 670. The number of ether oxygens (including phenoxy) is 1. The van der Waals surface area contributed by atoms with Gasteiger partial charge in [-0.25, -0.2) is 0 Å². The zero-order valence-electron chi connectivity index (χ0n) is 13.1. The SMILES string of the molecule is CCN(C1=NC(=O)C2(CCOCC2)S1)c1ccccc1C(F)(F)F. The Hall–Kier alpha value is -1.54. The van der Waals surface area contributed by atoms with E-state index in [-0.39, 0.29) is 11.6 Å². The maximum Gasteiger partial charge on any atom is 0.418 e. The lowest BCUT2D eigenvalue weighted by Crippen LogP contribution is -2.38. The summed E-state index contributed by atoms with van der Waals surface area (Å²) in [4.78, 5) is 17.9. The third kappa shape index (κ3) is 3.04. The molecule has 8 heteroatoms. The molecule has 1 amide bonds. The van der Waals surface area contributed by atoms with Gasteiger partial charge in [-0.05, 0) is 31.9 Å². The number of carbonyl (C=O) groups is 1. The molecule has 2 aliphatic heterocycles. The number of hydrogen-bond acceptors (Lipinski definition) is 4. The molecule has 1 spiro atoms. The van der Waals surface area contributed by atoms with Gasteiger partial charge in [0.1, 0.15) is 4.75 Å². The minimum atomic E-state index is -4.46. The molecule has 0 N–H and O–H groups in total. The van der Waals surface area contributed by atoms with Gasteiger partial charge in [-0.3, -0.25) is 4.79 Å². The van der Waals surface area contributed by atoms with Crippen LogP contribution in [0.4, 0.5) is 18.9 Å². The maximum absolute atomic E-state index is 13.3. The predicted octanol–water partition coefficient (Wildman–Crippen LogP) is 3.71. The van der Waals surface area contributed by atoms with E-state index in [1.807, 2.05) is 0 Å². The van der Waals surface area contributed by atoms with Gasteiger partial charge in [0.2, 0.25) is 0 Å². The molecule has 4 nitrogen and oxygen atoms in total. The minimum absolute atomic E-state index is 0.0238. The first-order chi connectivity index (χ1) is 11.4. The van der Waals surface area contributed by atoms with E-state index in [4.69, 9.17) is 4.74 Å². The molecule has 3 rings (SSSR count). The third-order valence-electron chi connectivity index (χ3n) is 4.22. The van der Waals surface area contributed by atoms with Crippen molar-refractivity contribution in [3.63, 3.8) is 0 Å². The van der Waals surface area contributed by atoms with Crippen LogP contribution in [-0.2, 0) is 15.7 Å². The van der Waals surface area contributed by atoms with Crippen molar-refractivity contribution < 1.29 is 22.7 Å². The van der Waals surface area contributed by atoms with Crippen molar-refractivity contribution in [1.29, 1.82) is 0 Å². The fourth-order valence-electron chi connectivity index (χ4n) is 2.92. The topological polar surface area (TPSA) is 41.9 Å². The van der Waals surface area contributed by atoms with Gasteiger partial charge >= 0.3 is 6.18 Å². The number of carbonyl (C=O) groups excluding carboxylic acids is 1. The monoisotopic (exact) mass is 358 g/mol. The molecular formula is C16H17F3N2O2S. The van der Waals surface area contributed by atoms with E-state index in [2.05, 4.69) is 4.99 Å². The second-order valence-corrected chi connectivity index (χ2v) is 7.02. The molecule has 24 heavy (non-hydrogen) atoms. The Kier molecular flexibility index (Phi) is 4.61. The van der Waals surface area contributed by atoms with Crippen LogP contribution in [-0.4, -0.2) is 35.6 Å². The van der Waals surface area contributed by atoms with Crippen molar-refractivity contribution in [2.45, 2.75) is 30.7 Å². The van der Waals surface area contributed by atoms with Crippen LogP contribution in [0.1, 0.15) is 25.3 Å². The van der Waals surface area contributed by atoms with Crippen LogP contribution in [0.2, 0.25) is 0 Å². The first-order valence-corrected chi connectivity index (χ1v) is 8.53. The molecule has 2 aliphatic rings. The van der Waals surface area contributed by atoms with Gasteiger partial charge in [-0.15, -0.1) is 0 Å². The number of rotatable bonds is 2. The normalized spacial score (nSPS) is 20.3. The highest BCUT2D eigenvalue weighted by molar-refractivity contribution is 8.16. The van der Waals surface area contributed by atoms with E-state index in [0.717, 1.165) is 6.07 Å². The summed E-state index contributed by atoms with van der Waals surface area (Å²) in [6.45, 7) is 2.97. The largest absolute Gasteiger partial charge is 0.418 e. The number of nitrogens with zero attached hydrogens (tertiary/aromatic N) is 2. The molecule has 0 unspecified atom stereocenters. The van der Waals surface area contributed by atoms with Crippen LogP contribution in [0.3, 0.4) is 0 Å². The molecule has 1 aromatic carbocycles. The molecule has 0 aliphatic carbocycles. The lowest BCUT2D eigenvalue weighted by molar-refractivity contribution is -0.137. The van der Waals surface area contributed by atoms with E-state index in [9.17, 15) is 18.0 Å². The summed E-state index contributed by atoms with van der Waals surface area (Å²) in [5.74, 6) is -0.270. The molecule has 0 aromatic heterocycles. The van der Waals surface area contributed by atoms with E-state index < -0.39 is 16.5 Å². The number of hydrogen-bond donors (Lipinski definition) is 0. The highest BCUT2D eigenvalue weighted by Crippen LogP contribution is 2.45. The Morgan fingerprint density at radius 1 is 1.29 bits per heavy atom. The van der Waals surface area contributed by atoms with Gasteiger partial charge in [0, 0.05) is 19.8 Å².